The first kappa shape index (κ1) is 12.6. The van der Waals surface area contributed by atoms with Crippen LogP contribution in [0.4, 0.5) is 0 Å². The Kier molecular flexibility index (Phi) is 3.73. The quantitative estimate of drug-likeness (QED) is 0.922. The number of nitrogens with zero attached hydrogens (tertiary/aromatic N) is 1. The summed E-state index contributed by atoms with van der Waals surface area (Å²) in [5, 5.41) is 3.68. The molecule has 1 aliphatic heterocycles. The monoisotopic (exact) mass is 308 g/mol. The predicted octanol–water partition coefficient (Wildman–Crippen LogP) is 3.19. The standard InChI is InChI=1S/C15H21BrN2/c1-11(13-3-2-4-14(16)9-13)18-8-7-17-15(10-18)12-5-6-12/h2-4,9,11-12,15,17H,5-8,10H2,1H3. The van der Waals surface area contributed by atoms with Crippen LogP contribution in [0.2, 0.25) is 0 Å². The van der Waals surface area contributed by atoms with Crippen LogP contribution < -0.4 is 5.32 Å². The zero-order chi connectivity index (χ0) is 12.5. The molecule has 0 amide bonds. The average molecular weight is 309 g/mol. The molecule has 2 atom stereocenters. The van der Waals surface area contributed by atoms with E-state index in [0.29, 0.717) is 6.04 Å². The Morgan fingerprint density at radius 3 is 2.94 bits per heavy atom. The summed E-state index contributed by atoms with van der Waals surface area (Å²) in [5.41, 5.74) is 1.42. The van der Waals surface area contributed by atoms with Crippen LogP contribution in [0.25, 0.3) is 0 Å². The minimum atomic E-state index is 0.519. The lowest BCUT2D eigenvalue weighted by atomic mass is 10.0. The highest BCUT2D eigenvalue weighted by molar-refractivity contribution is 9.10. The van der Waals surface area contributed by atoms with Crippen LogP contribution in [0, 0.1) is 5.92 Å². The molecule has 0 bridgehead atoms. The third-order valence-electron chi connectivity index (χ3n) is 4.31. The van der Waals surface area contributed by atoms with Gasteiger partial charge in [0.05, 0.1) is 0 Å². The normalized spacial score (nSPS) is 27.1. The van der Waals surface area contributed by atoms with E-state index in [0.717, 1.165) is 25.0 Å². The lowest BCUT2D eigenvalue weighted by Crippen LogP contribution is -2.52. The van der Waals surface area contributed by atoms with Crippen molar-refractivity contribution in [3.8, 4) is 0 Å². The predicted molar refractivity (Wildman–Crippen MR) is 78.6 cm³/mol. The zero-order valence-corrected chi connectivity index (χ0v) is 12.5. The number of hydrogen-bond acceptors (Lipinski definition) is 2. The molecule has 1 aromatic rings. The maximum Gasteiger partial charge on any atom is 0.0321 e. The highest BCUT2D eigenvalue weighted by Crippen LogP contribution is 2.35. The number of benzene rings is 1. The molecule has 2 nitrogen and oxygen atoms in total. The second kappa shape index (κ2) is 5.32. The van der Waals surface area contributed by atoms with E-state index in [1.54, 1.807) is 0 Å². The van der Waals surface area contributed by atoms with E-state index in [4.69, 9.17) is 0 Å². The Balaban J connectivity index is 1.69. The molecule has 1 heterocycles. The average Bonchev–Trinajstić information content (AvgIpc) is 3.22. The molecule has 2 unspecified atom stereocenters. The minimum absolute atomic E-state index is 0.519. The van der Waals surface area contributed by atoms with Gasteiger partial charge < -0.3 is 5.32 Å². The summed E-state index contributed by atoms with van der Waals surface area (Å²) in [6.07, 6.45) is 2.85. The lowest BCUT2D eigenvalue weighted by Gasteiger charge is -2.38. The Morgan fingerprint density at radius 2 is 2.22 bits per heavy atom. The van der Waals surface area contributed by atoms with Gasteiger partial charge in [0.2, 0.25) is 0 Å². The topological polar surface area (TPSA) is 15.3 Å². The van der Waals surface area contributed by atoms with Crippen LogP contribution in [0.15, 0.2) is 28.7 Å². The van der Waals surface area contributed by atoms with E-state index >= 15 is 0 Å². The van der Waals surface area contributed by atoms with Gasteiger partial charge in [0.1, 0.15) is 0 Å². The van der Waals surface area contributed by atoms with Gasteiger partial charge in [-0.15, -0.1) is 0 Å². The third-order valence-corrected chi connectivity index (χ3v) is 4.80. The van der Waals surface area contributed by atoms with E-state index in [-0.39, 0.29) is 0 Å². The van der Waals surface area contributed by atoms with E-state index < -0.39 is 0 Å². The first-order chi connectivity index (χ1) is 8.74. The number of hydrogen-bond donors (Lipinski definition) is 1. The van der Waals surface area contributed by atoms with Crippen LogP contribution in [0.3, 0.4) is 0 Å². The van der Waals surface area contributed by atoms with Crippen molar-refractivity contribution in [3.05, 3.63) is 34.3 Å². The Morgan fingerprint density at radius 1 is 1.39 bits per heavy atom. The van der Waals surface area contributed by atoms with Crippen LogP contribution in [-0.4, -0.2) is 30.6 Å². The summed E-state index contributed by atoms with van der Waals surface area (Å²) >= 11 is 3.57. The Labute approximate surface area is 118 Å². The molecule has 1 aromatic carbocycles. The first-order valence-corrected chi connectivity index (χ1v) is 7.76. The minimum Gasteiger partial charge on any atom is -0.311 e. The van der Waals surface area contributed by atoms with Crippen LogP contribution in [0.1, 0.15) is 31.4 Å². The zero-order valence-electron chi connectivity index (χ0n) is 10.9. The van der Waals surface area contributed by atoms with Crippen molar-refractivity contribution < 1.29 is 0 Å². The van der Waals surface area contributed by atoms with E-state index in [1.165, 1.54) is 29.4 Å². The van der Waals surface area contributed by atoms with Crippen molar-refractivity contribution in [2.24, 2.45) is 5.92 Å². The van der Waals surface area contributed by atoms with Crippen molar-refractivity contribution in [2.75, 3.05) is 19.6 Å². The van der Waals surface area contributed by atoms with Gasteiger partial charge in [-0.2, -0.15) is 0 Å². The second-order valence-corrected chi connectivity index (χ2v) is 6.54. The third kappa shape index (κ3) is 2.79. The van der Waals surface area contributed by atoms with Crippen molar-refractivity contribution >= 4 is 15.9 Å². The Hall–Kier alpha value is -0.380. The SMILES string of the molecule is CC(c1cccc(Br)c1)N1CCNC(C2CC2)C1. The van der Waals surface area contributed by atoms with Gasteiger partial charge >= 0.3 is 0 Å². The van der Waals surface area contributed by atoms with Gasteiger partial charge in [0.25, 0.3) is 0 Å². The molecule has 1 aliphatic carbocycles. The summed E-state index contributed by atoms with van der Waals surface area (Å²) in [4.78, 5) is 2.63. The van der Waals surface area contributed by atoms with E-state index in [9.17, 15) is 0 Å². The van der Waals surface area contributed by atoms with Crippen molar-refractivity contribution in [1.82, 2.24) is 10.2 Å². The molecule has 1 N–H and O–H groups in total. The molecular formula is C15H21BrN2. The van der Waals surface area contributed by atoms with Crippen LogP contribution in [-0.2, 0) is 0 Å². The highest BCUT2D eigenvalue weighted by Gasteiger charge is 2.35. The van der Waals surface area contributed by atoms with Crippen molar-refractivity contribution in [2.45, 2.75) is 31.8 Å². The number of piperazine rings is 1. The second-order valence-electron chi connectivity index (χ2n) is 5.62. The van der Waals surface area contributed by atoms with Gasteiger partial charge in [-0.3, -0.25) is 4.90 Å². The molecule has 0 aromatic heterocycles. The van der Waals surface area contributed by atoms with Crippen LogP contribution in [0.5, 0.6) is 0 Å². The maximum atomic E-state index is 3.68. The summed E-state index contributed by atoms with van der Waals surface area (Å²) in [6.45, 7) is 5.84. The first-order valence-electron chi connectivity index (χ1n) is 6.97. The summed E-state index contributed by atoms with van der Waals surface area (Å²) in [5.74, 6) is 0.947. The number of halogens is 1. The van der Waals surface area contributed by atoms with Gasteiger partial charge in [0.15, 0.2) is 0 Å². The van der Waals surface area contributed by atoms with Crippen molar-refractivity contribution in [3.63, 3.8) is 0 Å². The van der Waals surface area contributed by atoms with Crippen LogP contribution >= 0.6 is 15.9 Å². The van der Waals surface area contributed by atoms with Gasteiger partial charge in [-0.1, -0.05) is 28.1 Å². The van der Waals surface area contributed by atoms with Gasteiger partial charge in [-0.05, 0) is 43.4 Å². The molecule has 1 saturated carbocycles. The number of rotatable bonds is 3. The molecule has 2 fully saturated rings. The Bertz CT molecular complexity index is 417. The fourth-order valence-electron chi connectivity index (χ4n) is 2.95. The van der Waals surface area contributed by atoms with Crippen molar-refractivity contribution in [1.29, 1.82) is 0 Å². The lowest BCUT2D eigenvalue weighted by molar-refractivity contribution is 0.144. The molecular weight excluding hydrogens is 288 g/mol. The highest BCUT2D eigenvalue weighted by atomic mass is 79.9. The molecule has 1 saturated heterocycles. The fourth-order valence-corrected chi connectivity index (χ4v) is 3.36. The molecule has 3 rings (SSSR count). The summed E-state index contributed by atoms with van der Waals surface area (Å²) in [7, 11) is 0. The maximum absolute atomic E-state index is 3.68. The van der Waals surface area contributed by atoms with Gasteiger partial charge in [-0.25, -0.2) is 0 Å². The largest absolute Gasteiger partial charge is 0.311 e. The molecule has 98 valence electrons. The molecule has 3 heteroatoms. The number of nitrogens with one attached hydrogen (secondary N) is 1. The van der Waals surface area contributed by atoms with E-state index in [1.807, 2.05) is 0 Å². The molecule has 0 spiro atoms. The summed E-state index contributed by atoms with van der Waals surface area (Å²) in [6, 6.07) is 9.97. The van der Waals surface area contributed by atoms with E-state index in [2.05, 4.69) is 57.3 Å². The molecule has 0 radical (unpaired) electrons. The fraction of sp³-hybridized carbons (Fsp3) is 0.600. The van der Waals surface area contributed by atoms with Gasteiger partial charge in [0, 0.05) is 36.2 Å². The smallest absolute Gasteiger partial charge is 0.0321 e. The molecule has 18 heavy (non-hydrogen) atoms. The summed E-state index contributed by atoms with van der Waals surface area (Å²) < 4.78 is 1.18. The molecule has 2 aliphatic rings.